The van der Waals surface area contributed by atoms with Gasteiger partial charge in [0, 0.05) is 18.1 Å². The van der Waals surface area contributed by atoms with Crippen molar-refractivity contribution in [1.29, 1.82) is 0 Å². The Labute approximate surface area is 110 Å². The van der Waals surface area contributed by atoms with Gasteiger partial charge in [-0.1, -0.05) is 12.1 Å². The zero-order valence-electron chi connectivity index (χ0n) is 10.2. The van der Waals surface area contributed by atoms with E-state index in [0.717, 1.165) is 11.3 Å². The van der Waals surface area contributed by atoms with Crippen molar-refractivity contribution in [3.8, 4) is 5.69 Å². The van der Waals surface area contributed by atoms with Crippen molar-refractivity contribution >= 4 is 5.97 Å². The van der Waals surface area contributed by atoms with Crippen molar-refractivity contribution in [2.24, 2.45) is 5.92 Å². The SMILES string of the molecule is O=C(O)C(Cc1ccc(-n2cccc2)cc1)C(O)O. The molecule has 1 atom stereocenters. The van der Waals surface area contributed by atoms with Gasteiger partial charge in [-0.25, -0.2) is 0 Å². The number of aromatic nitrogens is 1. The van der Waals surface area contributed by atoms with Crippen LogP contribution < -0.4 is 0 Å². The fourth-order valence-electron chi connectivity index (χ4n) is 1.88. The molecule has 5 nitrogen and oxygen atoms in total. The number of hydrogen-bond acceptors (Lipinski definition) is 3. The second-order valence-electron chi connectivity index (χ2n) is 4.32. The number of carboxylic acids is 1. The molecule has 1 aromatic heterocycles. The van der Waals surface area contributed by atoms with Crippen molar-refractivity contribution < 1.29 is 20.1 Å². The molecule has 5 heteroatoms. The van der Waals surface area contributed by atoms with Crippen LogP contribution in [0.4, 0.5) is 0 Å². The summed E-state index contributed by atoms with van der Waals surface area (Å²) in [6.45, 7) is 0. The van der Waals surface area contributed by atoms with Crippen LogP contribution >= 0.6 is 0 Å². The van der Waals surface area contributed by atoms with Gasteiger partial charge >= 0.3 is 5.97 Å². The molecule has 1 unspecified atom stereocenters. The van der Waals surface area contributed by atoms with Crippen LogP contribution in [0.3, 0.4) is 0 Å². The lowest BCUT2D eigenvalue weighted by Crippen LogP contribution is -2.29. The Kier molecular flexibility index (Phi) is 3.99. The van der Waals surface area contributed by atoms with E-state index in [-0.39, 0.29) is 6.42 Å². The molecule has 0 amide bonds. The first-order chi connectivity index (χ1) is 9.08. The molecule has 0 saturated heterocycles. The van der Waals surface area contributed by atoms with E-state index >= 15 is 0 Å². The standard InChI is InChI=1S/C14H15NO4/c16-13(17)12(14(18)19)9-10-3-5-11(6-4-10)15-7-1-2-8-15/h1-8,12-13,16-17H,9H2,(H,18,19). The molecule has 19 heavy (non-hydrogen) atoms. The van der Waals surface area contributed by atoms with Gasteiger partial charge in [-0.05, 0) is 36.2 Å². The van der Waals surface area contributed by atoms with Crippen LogP contribution in [0.15, 0.2) is 48.8 Å². The van der Waals surface area contributed by atoms with Gasteiger partial charge in [-0.3, -0.25) is 4.79 Å². The summed E-state index contributed by atoms with van der Waals surface area (Å²) in [6.07, 6.45) is 2.04. The molecule has 0 aliphatic heterocycles. The number of hydrogen-bond donors (Lipinski definition) is 3. The van der Waals surface area contributed by atoms with E-state index < -0.39 is 18.2 Å². The number of benzene rings is 1. The van der Waals surface area contributed by atoms with Gasteiger partial charge in [0.25, 0.3) is 0 Å². The summed E-state index contributed by atoms with van der Waals surface area (Å²) in [5, 5.41) is 26.9. The van der Waals surface area contributed by atoms with Crippen LogP contribution in [-0.2, 0) is 11.2 Å². The van der Waals surface area contributed by atoms with Crippen molar-refractivity contribution in [3.63, 3.8) is 0 Å². The quantitative estimate of drug-likeness (QED) is 0.702. The van der Waals surface area contributed by atoms with Crippen molar-refractivity contribution in [2.75, 3.05) is 0 Å². The number of aliphatic carboxylic acids is 1. The number of rotatable bonds is 5. The number of aliphatic hydroxyl groups is 2. The predicted molar refractivity (Wildman–Crippen MR) is 68.8 cm³/mol. The Morgan fingerprint density at radius 2 is 1.68 bits per heavy atom. The molecule has 0 aliphatic carbocycles. The fourth-order valence-corrected chi connectivity index (χ4v) is 1.88. The number of carboxylic acid groups (broad SMARTS) is 1. The molecule has 0 spiro atoms. The van der Waals surface area contributed by atoms with Crippen molar-refractivity contribution in [2.45, 2.75) is 12.7 Å². The Morgan fingerprint density at radius 3 is 2.16 bits per heavy atom. The average molecular weight is 261 g/mol. The second kappa shape index (κ2) is 5.69. The van der Waals surface area contributed by atoms with E-state index in [4.69, 9.17) is 15.3 Å². The lowest BCUT2D eigenvalue weighted by Gasteiger charge is -2.14. The van der Waals surface area contributed by atoms with Crippen LogP contribution in [0, 0.1) is 5.92 Å². The first-order valence-electron chi connectivity index (χ1n) is 5.89. The molecule has 1 aromatic carbocycles. The molecular formula is C14H15NO4. The molecule has 2 aromatic rings. The Morgan fingerprint density at radius 1 is 1.11 bits per heavy atom. The molecule has 0 aliphatic rings. The second-order valence-corrected chi connectivity index (χ2v) is 4.32. The maximum Gasteiger partial charge on any atom is 0.312 e. The molecule has 2 rings (SSSR count). The molecule has 0 fully saturated rings. The van der Waals surface area contributed by atoms with Gasteiger partial charge in [-0.15, -0.1) is 0 Å². The topological polar surface area (TPSA) is 82.7 Å². The number of aliphatic hydroxyl groups excluding tert-OH is 1. The summed E-state index contributed by atoms with van der Waals surface area (Å²) >= 11 is 0. The van der Waals surface area contributed by atoms with E-state index in [1.165, 1.54) is 0 Å². The zero-order chi connectivity index (χ0) is 13.8. The van der Waals surface area contributed by atoms with Gasteiger partial charge in [0.1, 0.15) is 5.92 Å². The summed E-state index contributed by atoms with van der Waals surface area (Å²) in [7, 11) is 0. The molecule has 0 saturated carbocycles. The zero-order valence-corrected chi connectivity index (χ0v) is 10.2. The van der Waals surface area contributed by atoms with Crippen LogP contribution in [0.5, 0.6) is 0 Å². The summed E-state index contributed by atoms with van der Waals surface area (Å²) in [5.74, 6) is -2.43. The third-order valence-corrected chi connectivity index (χ3v) is 2.97. The summed E-state index contributed by atoms with van der Waals surface area (Å²) in [6, 6.07) is 11.1. The molecule has 1 heterocycles. The maximum absolute atomic E-state index is 10.9. The highest BCUT2D eigenvalue weighted by molar-refractivity contribution is 5.70. The Hall–Kier alpha value is -2.11. The van der Waals surface area contributed by atoms with Gasteiger partial charge in [-0.2, -0.15) is 0 Å². The highest BCUT2D eigenvalue weighted by Crippen LogP contribution is 2.15. The summed E-state index contributed by atoms with van der Waals surface area (Å²) < 4.78 is 1.93. The predicted octanol–water partition coefficient (Wildman–Crippen LogP) is 1.03. The van der Waals surface area contributed by atoms with E-state index in [9.17, 15) is 4.79 Å². The normalized spacial score (nSPS) is 12.6. The lowest BCUT2D eigenvalue weighted by atomic mass is 9.99. The van der Waals surface area contributed by atoms with Crippen LogP contribution in [0.2, 0.25) is 0 Å². The number of carbonyl (C=O) groups is 1. The molecule has 0 bridgehead atoms. The highest BCUT2D eigenvalue weighted by Gasteiger charge is 2.24. The van der Waals surface area contributed by atoms with E-state index in [1.807, 2.05) is 41.2 Å². The summed E-state index contributed by atoms with van der Waals surface area (Å²) in [5.41, 5.74) is 1.71. The fraction of sp³-hybridized carbons (Fsp3) is 0.214. The third kappa shape index (κ3) is 3.21. The minimum Gasteiger partial charge on any atom is -0.481 e. The molecule has 100 valence electrons. The van der Waals surface area contributed by atoms with Gasteiger partial charge < -0.3 is 19.9 Å². The molecule has 0 radical (unpaired) electrons. The largest absolute Gasteiger partial charge is 0.481 e. The van der Waals surface area contributed by atoms with Crippen LogP contribution in [-0.4, -0.2) is 32.1 Å². The average Bonchev–Trinajstić information content (AvgIpc) is 2.89. The molecule has 3 N–H and O–H groups in total. The van der Waals surface area contributed by atoms with Gasteiger partial charge in [0.05, 0.1) is 0 Å². The molecular weight excluding hydrogens is 246 g/mol. The minimum atomic E-state index is -1.86. The van der Waals surface area contributed by atoms with E-state index in [2.05, 4.69) is 0 Å². The monoisotopic (exact) mass is 261 g/mol. The Bertz CT molecular complexity index is 531. The maximum atomic E-state index is 10.9. The summed E-state index contributed by atoms with van der Waals surface area (Å²) in [4.78, 5) is 10.9. The van der Waals surface area contributed by atoms with Gasteiger partial charge in [0.2, 0.25) is 0 Å². The van der Waals surface area contributed by atoms with Crippen molar-refractivity contribution in [3.05, 3.63) is 54.4 Å². The lowest BCUT2D eigenvalue weighted by molar-refractivity contribution is -0.158. The number of nitrogens with zero attached hydrogens (tertiary/aromatic N) is 1. The third-order valence-electron chi connectivity index (χ3n) is 2.97. The van der Waals surface area contributed by atoms with E-state index in [1.54, 1.807) is 12.1 Å². The van der Waals surface area contributed by atoms with Crippen molar-refractivity contribution in [1.82, 2.24) is 4.57 Å². The Balaban J connectivity index is 2.12. The van der Waals surface area contributed by atoms with Crippen LogP contribution in [0.1, 0.15) is 5.56 Å². The first-order valence-corrected chi connectivity index (χ1v) is 5.89. The highest BCUT2D eigenvalue weighted by atomic mass is 16.5. The van der Waals surface area contributed by atoms with Crippen LogP contribution in [0.25, 0.3) is 5.69 Å². The smallest absolute Gasteiger partial charge is 0.312 e. The van der Waals surface area contributed by atoms with Gasteiger partial charge in [0.15, 0.2) is 6.29 Å². The first kappa shape index (κ1) is 13.3. The minimum absolute atomic E-state index is 0.0823. The van der Waals surface area contributed by atoms with E-state index in [0.29, 0.717) is 0 Å².